The molecule has 7 heteroatoms. The average Bonchev–Trinajstić information content (AvgIpc) is 3.08. The largest absolute Gasteiger partial charge is 0.286 e. The standard InChI is InChI=1S/C18H17N3O3S/c1-13-4-2-5-14(10-13)12-25-18-19-8-9-20(18)17(22)15-6-3-7-16(11-15)21(23)24/h2-7,10-11H,8-9,12H2,1H3. The fourth-order valence-corrected chi connectivity index (χ4v) is 3.58. The van der Waals surface area contributed by atoms with E-state index in [1.165, 1.54) is 41.1 Å². The van der Waals surface area contributed by atoms with Gasteiger partial charge in [-0.3, -0.25) is 24.8 Å². The molecule has 25 heavy (non-hydrogen) atoms. The lowest BCUT2D eigenvalue weighted by Gasteiger charge is -2.18. The molecule has 0 aromatic heterocycles. The molecule has 0 radical (unpaired) electrons. The predicted octanol–water partition coefficient (Wildman–Crippen LogP) is 3.65. The monoisotopic (exact) mass is 355 g/mol. The zero-order valence-electron chi connectivity index (χ0n) is 13.7. The Morgan fingerprint density at radius 1 is 1.28 bits per heavy atom. The Labute approximate surface area is 149 Å². The van der Waals surface area contributed by atoms with E-state index in [0.29, 0.717) is 23.8 Å². The van der Waals surface area contributed by atoms with Crippen molar-refractivity contribution < 1.29 is 9.72 Å². The number of benzene rings is 2. The Hall–Kier alpha value is -2.67. The third kappa shape index (κ3) is 4.06. The molecule has 2 aromatic carbocycles. The van der Waals surface area contributed by atoms with Crippen molar-refractivity contribution in [3.63, 3.8) is 0 Å². The van der Waals surface area contributed by atoms with Gasteiger partial charge in [0.25, 0.3) is 11.6 Å². The number of carbonyl (C=O) groups is 1. The molecule has 3 rings (SSSR count). The number of hydrogen-bond acceptors (Lipinski definition) is 5. The van der Waals surface area contributed by atoms with E-state index in [-0.39, 0.29) is 11.6 Å². The zero-order chi connectivity index (χ0) is 17.8. The zero-order valence-corrected chi connectivity index (χ0v) is 14.5. The minimum atomic E-state index is -0.498. The first-order valence-electron chi connectivity index (χ1n) is 7.84. The number of nitrogens with zero attached hydrogens (tertiary/aromatic N) is 3. The first kappa shape index (κ1) is 17.2. The topological polar surface area (TPSA) is 75.8 Å². The number of aliphatic imine (C=N–C) groups is 1. The molecule has 1 aliphatic heterocycles. The van der Waals surface area contributed by atoms with Gasteiger partial charge in [0.15, 0.2) is 5.17 Å². The second kappa shape index (κ2) is 7.48. The summed E-state index contributed by atoms with van der Waals surface area (Å²) in [6.45, 7) is 3.09. The lowest BCUT2D eigenvalue weighted by Crippen LogP contribution is -2.32. The van der Waals surface area contributed by atoms with E-state index in [9.17, 15) is 14.9 Å². The van der Waals surface area contributed by atoms with Gasteiger partial charge in [-0.25, -0.2) is 0 Å². The van der Waals surface area contributed by atoms with Gasteiger partial charge in [-0.15, -0.1) is 0 Å². The van der Waals surface area contributed by atoms with E-state index in [1.807, 2.05) is 25.1 Å². The van der Waals surface area contributed by atoms with Gasteiger partial charge in [0, 0.05) is 30.0 Å². The van der Waals surface area contributed by atoms with Crippen molar-refractivity contribution in [2.24, 2.45) is 4.99 Å². The highest BCUT2D eigenvalue weighted by atomic mass is 32.2. The van der Waals surface area contributed by atoms with Crippen molar-refractivity contribution in [2.75, 3.05) is 13.1 Å². The number of nitro benzene ring substituents is 1. The number of hydrogen-bond donors (Lipinski definition) is 0. The Balaban J connectivity index is 1.71. The third-order valence-electron chi connectivity index (χ3n) is 3.80. The fourth-order valence-electron chi connectivity index (χ4n) is 2.60. The molecule has 0 spiro atoms. The average molecular weight is 355 g/mol. The van der Waals surface area contributed by atoms with Crippen molar-refractivity contribution in [1.82, 2.24) is 4.90 Å². The molecule has 0 bridgehead atoms. The second-order valence-electron chi connectivity index (χ2n) is 5.71. The van der Waals surface area contributed by atoms with Gasteiger partial charge >= 0.3 is 0 Å². The normalized spacial score (nSPS) is 13.6. The molecular weight excluding hydrogens is 338 g/mol. The molecular formula is C18H17N3O3S. The summed E-state index contributed by atoms with van der Waals surface area (Å²) in [4.78, 5) is 29.1. The van der Waals surface area contributed by atoms with Crippen LogP contribution in [-0.2, 0) is 5.75 Å². The van der Waals surface area contributed by atoms with Gasteiger partial charge < -0.3 is 0 Å². The number of thioether (sulfide) groups is 1. The quantitative estimate of drug-likeness (QED) is 0.620. The molecule has 0 atom stereocenters. The molecule has 1 amide bonds. The van der Waals surface area contributed by atoms with E-state index in [0.717, 1.165) is 5.75 Å². The summed E-state index contributed by atoms with van der Waals surface area (Å²) in [6, 6.07) is 14.0. The van der Waals surface area contributed by atoms with E-state index in [4.69, 9.17) is 0 Å². The first-order valence-corrected chi connectivity index (χ1v) is 8.82. The van der Waals surface area contributed by atoms with Crippen LogP contribution < -0.4 is 0 Å². The number of amides is 1. The molecule has 0 fully saturated rings. The summed E-state index contributed by atoms with van der Waals surface area (Å²) in [5.74, 6) is 0.468. The van der Waals surface area contributed by atoms with Crippen molar-refractivity contribution in [1.29, 1.82) is 0 Å². The fraction of sp³-hybridized carbons (Fsp3) is 0.222. The van der Waals surface area contributed by atoms with Gasteiger partial charge in [-0.05, 0) is 18.6 Å². The number of nitro groups is 1. The minimum Gasteiger partial charge on any atom is -0.286 e. The Morgan fingerprint density at radius 3 is 2.84 bits per heavy atom. The summed E-state index contributed by atoms with van der Waals surface area (Å²) in [6.07, 6.45) is 0. The maximum atomic E-state index is 12.7. The van der Waals surface area contributed by atoms with E-state index >= 15 is 0 Å². The van der Waals surface area contributed by atoms with Crippen LogP contribution in [0.2, 0.25) is 0 Å². The molecule has 0 unspecified atom stereocenters. The van der Waals surface area contributed by atoms with Crippen LogP contribution in [0.1, 0.15) is 21.5 Å². The number of aryl methyl sites for hydroxylation is 1. The lowest BCUT2D eigenvalue weighted by atomic mass is 10.2. The van der Waals surface area contributed by atoms with Crippen LogP contribution in [0.4, 0.5) is 5.69 Å². The summed E-state index contributed by atoms with van der Waals surface area (Å²) in [5.41, 5.74) is 2.58. The molecule has 0 saturated carbocycles. The number of non-ortho nitro benzene ring substituents is 1. The van der Waals surface area contributed by atoms with Gasteiger partial charge in [0.05, 0.1) is 11.5 Å². The minimum absolute atomic E-state index is 0.0871. The maximum absolute atomic E-state index is 12.7. The van der Waals surface area contributed by atoms with Gasteiger partial charge in [0.2, 0.25) is 0 Å². The van der Waals surface area contributed by atoms with Crippen LogP contribution in [0.25, 0.3) is 0 Å². The SMILES string of the molecule is Cc1cccc(CSC2=NCCN2C(=O)c2cccc([N+](=O)[O-])c2)c1. The predicted molar refractivity (Wildman–Crippen MR) is 98.9 cm³/mol. The molecule has 6 nitrogen and oxygen atoms in total. The van der Waals surface area contributed by atoms with Crippen LogP contribution >= 0.6 is 11.8 Å². The highest BCUT2D eigenvalue weighted by Crippen LogP contribution is 2.23. The lowest BCUT2D eigenvalue weighted by molar-refractivity contribution is -0.384. The Morgan fingerprint density at radius 2 is 2.08 bits per heavy atom. The number of amidine groups is 1. The molecule has 0 saturated heterocycles. The summed E-state index contributed by atoms with van der Waals surface area (Å²) in [7, 11) is 0. The molecule has 1 aliphatic rings. The summed E-state index contributed by atoms with van der Waals surface area (Å²) >= 11 is 1.51. The van der Waals surface area contributed by atoms with Crippen molar-refractivity contribution in [3.05, 3.63) is 75.3 Å². The van der Waals surface area contributed by atoms with Gasteiger partial charge in [-0.1, -0.05) is 47.7 Å². The second-order valence-corrected chi connectivity index (χ2v) is 6.65. The van der Waals surface area contributed by atoms with Crippen molar-refractivity contribution >= 4 is 28.5 Å². The smallest absolute Gasteiger partial charge is 0.270 e. The summed E-state index contributed by atoms with van der Waals surface area (Å²) in [5, 5.41) is 11.6. The van der Waals surface area contributed by atoms with Gasteiger partial charge in [0.1, 0.15) is 0 Å². The van der Waals surface area contributed by atoms with Crippen LogP contribution in [0.5, 0.6) is 0 Å². The molecule has 128 valence electrons. The third-order valence-corrected chi connectivity index (χ3v) is 4.89. The Bertz CT molecular complexity index is 851. The van der Waals surface area contributed by atoms with E-state index < -0.39 is 4.92 Å². The highest BCUT2D eigenvalue weighted by Gasteiger charge is 2.26. The Kier molecular flexibility index (Phi) is 5.14. The van der Waals surface area contributed by atoms with Crippen LogP contribution in [-0.4, -0.2) is 34.0 Å². The first-order chi connectivity index (χ1) is 12.0. The van der Waals surface area contributed by atoms with E-state index in [2.05, 4.69) is 11.1 Å². The van der Waals surface area contributed by atoms with Crippen LogP contribution in [0.15, 0.2) is 53.5 Å². The number of carbonyl (C=O) groups excluding carboxylic acids is 1. The molecule has 2 aromatic rings. The molecule has 0 aliphatic carbocycles. The van der Waals surface area contributed by atoms with Crippen molar-refractivity contribution in [3.8, 4) is 0 Å². The number of rotatable bonds is 4. The molecule has 1 heterocycles. The van der Waals surface area contributed by atoms with Crippen molar-refractivity contribution in [2.45, 2.75) is 12.7 Å². The van der Waals surface area contributed by atoms with Crippen LogP contribution in [0.3, 0.4) is 0 Å². The van der Waals surface area contributed by atoms with E-state index in [1.54, 1.807) is 11.0 Å². The van der Waals surface area contributed by atoms with Crippen LogP contribution in [0, 0.1) is 17.0 Å². The summed E-state index contributed by atoms with van der Waals surface area (Å²) < 4.78 is 0. The molecule has 0 N–H and O–H groups in total. The highest BCUT2D eigenvalue weighted by molar-refractivity contribution is 8.13. The van der Waals surface area contributed by atoms with Gasteiger partial charge in [-0.2, -0.15) is 0 Å². The maximum Gasteiger partial charge on any atom is 0.270 e.